The Bertz CT molecular complexity index is 897. The topological polar surface area (TPSA) is 128 Å². The molecule has 0 bridgehead atoms. The molecule has 0 spiro atoms. The third kappa shape index (κ3) is 38.8. The van der Waals surface area contributed by atoms with Crippen LogP contribution in [0.5, 0.6) is 0 Å². The van der Waals surface area contributed by atoms with E-state index in [1.165, 1.54) is 148 Å². The van der Waals surface area contributed by atoms with E-state index in [2.05, 4.69) is 18.4 Å². The zero-order valence-corrected chi connectivity index (χ0v) is 35.5. The minimum Gasteiger partial charge on any atom is -0.756 e. The number of phosphoric acid groups is 1. The molecule has 0 fully saturated rings. The lowest BCUT2D eigenvalue weighted by Crippen LogP contribution is -2.30. The van der Waals surface area contributed by atoms with E-state index in [9.17, 15) is 23.8 Å². The number of Topliss-reactive ketones (excluding diaryl/α,β-unsaturated/α-hetero) is 1. The second-order valence-corrected chi connectivity index (χ2v) is 16.5. The molecule has 9 nitrogen and oxygen atoms in total. The van der Waals surface area contributed by atoms with E-state index >= 15 is 0 Å². The molecular weight excluding hydrogens is 691 g/mol. The summed E-state index contributed by atoms with van der Waals surface area (Å²) in [5, 5.41) is 0. The van der Waals surface area contributed by atoms with Crippen molar-refractivity contribution in [3.05, 3.63) is 0 Å². The Kier molecular flexibility index (Phi) is 38.0. The van der Waals surface area contributed by atoms with Crippen LogP contribution >= 0.6 is 7.82 Å². The normalized spacial score (nSPS) is 13.1. The number of carbonyl (C=O) groups excluding carboxylic acids is 3. The van der Waals surface area contributed by atoms with Gasteiger partial charge in [-0.05, 0) is 12.8 Å². The Hall–Kier alpha value is -1.28. The molecule has 0 aromatic heterocycles. The van der Waals surface area contributed by atoms with Crippen LogP contribution in [0, 0.1) is 0 Å². The molecular formula is C43H82O9P-. The van der Waals surface area contributed by atoms with Gasteiger partial charge in [-0.3, -0.25) is 18.9 Å². The third-order valence-electron chi connectivity index (χ3n) is 9.89. The minimum atomic E-state index is -4.81. The standard InChI is InChI=1S/C43H83O9P/c1-4-7-9-11-13-15-17-19-21-23-25-27-29-31-33-35-42(45)49-38-41(39-51-53(47,48)50-37-40(44)6-3)52-43(46)36-34-32-30-28-26-24-22-20-18-16-14-12-10-8-5-2/h41H,4-39H2,1-3H3,(H,47,48)/p-1/t41-/m1/s1. The van der Waals surface area contributed by atoms with E-state index in [1.807, 2.05) is 0 Å². The average Bonchev–Trinajstić information content (AvgIpc) is 3.14. The van der Waals surface area contributed by atoms with Crippen molar-refractivity contribution in [2.45, 2.75) is 239 Å². The highest BCUT2D eigenvalue weighted by Gasteiger charge is 2.21. The molecule has 0 radical (unpaired) electrons. The van der Waals surface area contributed by atoms with Crippen LogP contribution in [0.2, 0.25) is 0 Å². The number of ether oxygens (including phenoxy) is 2. The summed E-state index contributed by atoms with van der Waals surface area (Å²) in [6.45, 7) is 4.63. The van der Waals surface area contributed by atoms with Gasteiger partial charge < -0.3 is 23.4 Å². The summed E-state index contributed by atoms with van der Waals surface area (Å²) >= 11 is 0. The predicted octanol–water partition coefficient (Wildman–Crippen LogP) is 12.4. The van der Waals surface area contributed by atoms with Crippen molar-refractivity contribution in [1.29, 1.82) is 0 Å². The zero-order valence-electron chi connectivity index (χ0n) is 34.7. The van der Waals surface area contributed by atoms with Crippen molar-refractivity contribution in [1.82, 2.24) is 0 Å². The monoisotopic (exact) mass is 774 g/mol. The number of phosphoric ester groups is 1. The molecule has 0 aliphatic heterocycles. The van der Waals surface area contributed by atoms with Crippen LogP contribution in [0.1, 0.15) is 233 Å². The van der Waals surface area contributed by atoms with Crippen molar-refractivity contribution < 1.29 is 42.4 Å². The van der Waals surface area contributed by atoms with E-state index in [-0.39, 0.29) is 31.7 Å². The third-order valence-corrected chi connectivity index (χ3v) is 10.8. The van der Waals surface area contributed by atoms with Gasteiger partial charge in [-0.15, -0.1) is 0 Å². The van der Waals surface area contributed by atoms with Gasteiger partial charge in [-0.25, -0.2) is 0 Å². The van der Waals surface area contributed by atoms with Crippen LogP contribution in [0.4, 0.5) is 0 Å². The Morgan fingerprint density at radius 3 is 1.17 bits per heavy atom. The van der Waals surface area contributed by atoms with Crippen molar-refractivity contribution >= 4 is 25.5 Å². The Morgan fingerprint density at radius 2 is 0.811 bits per heavy atom. The number of unbranched alkanes of at least 4 members (excludes halogenated alkanes) is 28. The summed E-state index contributed by atoms with van der Waals surface area (Å²) in [5.41, 5.74) is 0. The molecule has 314 valence electrons. The molecule has 0 aliphatic carbocycles. The second kappa shape index (κ2) is 39.0. The summed E-state index contributed by atoms with van der Waals surface area (Å²) in [5.74, 6) is -1.29. The van der Waals surface area contributed by atoms with E-state index in [4.69, 9.17) is 14.0 Å². The smallest absolute Gasteiger partial charge is 0.306 e. The minimum absolute atomic E-state index is 0.134. The van der Waals surface area contributed by atoms with E-state index in [0.29, 0.717) is 12.8 Å². The first-order valence-corrected chi connectivity index (χ1v) is 23.7. The summed E-state index contributed by atoms with van der Waals surface area (Å²) in [7, 11) is -4.81. The molecule has 0 aromatic carbocycles. The predicted molar refractivity (Wildman–Crippen MR) is 215 cm³/mol. The zero-order chi connectivity index (χ0) is 39.1. The van der Waals surface area contributed by atoms with Crippen LogP contribution in [0.15, 0.2) is 0 Å². The van der Waals surface area contributed by atoms with Gasteiger partial charge in [0.05, 0.1) is 6.61 Å². The highest BCUT2D eigenvalue weighted by Crippen LogP contribution is 2.38. The largest absolute Gasteiger partial charge is 0.756 e. The molecule has 1 unspecified atom stereocenters. The Morgan fingerprint density at radius 1 is 0.472 bits per heavy atom. The molecule has 0 aromatic rings. The molecule has 0 saturated carbocycles. The number of esters is 2. The fourth-order valence-electron chi connectivity index (χ4n) is 6.37. The number of hydrogen-bond donors (Lipinski definition) is 0. The highest BCUT2D eigenvalue weighted by atomic mass is 31.2. The quantitative estimate of drug-likeness (QED) is 0.0338. The summed E-state index contributed by atoms with van der Waals surface area (Å²) in [4.78, 5) is 48.7. The molecule has 0 heterocycles. The second-order valence-electron chi connectivity index (χ2n) is 15.1. The number of ketones is 1. The van der Waals surface area contributed by atoms with Crippen LogP contribution in [-0.4, -0.2) is 43.6 Å². The fraction of sp³-hybridized carbons (Fsp3) is 0.930. The average molecular weight is 774 g/mol. The van der Waals surface area contributed by atoms with Crippen LogP contribution in [0.3, 0.4) is 0 Å². The van der Waals surface area contributed by atoms with Gasteiger partial charge in [0, 0.05) is 19.3 Å². The first-order chi connectivity index (χ1) is 25.7. The van der Waals surface area contributed by atoms with E-state index in [0.717, 1.165) is 32.1 Å². The van der Waals surface area contributed by atoms with Crippen molar-refractivity contribution in [2.75, 3.05) is 19.8 Å². The molecule has 0 N–H and O–H groups in total. The fourth-order valence-corrected chi connectivity index (χ4v) is 7.09. The molecule has 0 aliphatic rings. The lowest BCUT2D eigenvalue weighted by Gasteiger charge is -2.25. The maximum Gasteiger partial charge on any atom is 0.306 e. The summed E-state index contributed by atoms with van der Waals surface area (Å²) < 4.78 is 32.5. The first-order valence-electron chi connectivity index (χ1n) is 22.2. The summed E-state index contributed by atoms with van der Waals surface area (Å²) in [6, 6.07) is 0. The van der Waals surface area contributed by atoms with Gasteiger partial charge in [0.15, 0.2) is 11.9 Å². The lowest BCUT2D eigenvalue weighted by atomic mass is 10.0. The van der Waals surface area contributed by atoms with Gasteiger partial charge in [0.2, 0.25) is 0 Å². The van der Waals surface area contributed by atoms with E-state index in [1.54, 1.807) is 6.92 Å². The van der Waals surface area contributed by atoms with Gasteiger partial charge in [-0.1, -0.05) is 201 Å². The molecule has 0 amide bonds. The van der Waals surface area contributed by atoms with Crippen molar-refractivity contribution in [2.24, 2.45) is 0 Å². The van der Waals surface area contributed by atoms with Crippen LogP contribution < -0.4 is 4.89 Å². The molecule has 0 rings (SSSR count). The summed E-state index contributed by atoms with van der Waals surface area (Å²) in [6.07, 6.45) is 36.4. The number of rotatable bonds is 42. The van der Waals surface area contributed by atoms with Crippen molar-refractivity contribution in [3.8, 4) is 0 Å². The molecule has 10 heteroatoms. The first kappa shape index (κ1) is 51.7. The Labute approximate surface area is 325 Å². The van der Waals surface area contributed by atoms with E-state index < -0.39 is 39.1 Å². The lowest BCUT2D eigenvalue weighted by molar-refractivity contribution is -0.228. The van der Waals surface area contributed by atoms with Crippen LogP contribution in [-0.2, 0) is 37.5 Å². The maximum absolute atomic E-state index is 12.6. The SMILES string of the molecule is CCCCCCCCCCCCCCCCCC(=O)OC[C@H](COP(=O)([O-])OCC(=O)CC)OC(=O)CCCCCCCCCCCCCCCCC. The molecule has 2 atom stereocenters. The maximum atomic E-state index is 12.6. The molecule has 0 saturated heterocycles. The number of carbonyl (C=O) groups is 3. The van der Waals surface area contributed by atoms with Crippen molar-refractivity contribution in [3.63, 3.8) is 0 Å². The Balaban J connectivity index is 4.25. The van der Waals surface area contributed by atoms with Gasteiger partial charge in [-0.2, -0.15) is 0 Å². The number of hydrogen-bond acceptors (Lipinski definition) is 9. The van der Waals surface area contributed by atoms with Gasteiger partial charge in [0.1, 0.15) is 13.2 Å². The van der Waals surface area contributed by atoms with Crippen LogP contribution in [0.25, 0.3) is 0 Å². The van der Waals surface area contributed by atoms with Gasteiger partial charge >= 0.3 is 11.9 Å². The molecule has 53 heavy (non-hydrogen) atoms. The highest BCUT2D eigenvalue weighted by molar-refractivity contribution is 7.45. The van der Waals surface area contributed by atoms with Gasteiger partial charge in [0.25, 0.3) is 7.82 Å².